The van der Waals surface area contributed by atoms with Crippen molar-refractivity contribution in [3.63, 3.8) is 0 Å². The molecule has 0 radical (unpaired) electrons. The highest BCUT2D eigenvalue weighted by atomic mass is 16.5. The van der Waals surface area contributed by atoms with E-state index in [2.05, 4.69) is 23.7 Å². The van der Waals surface area contributed by atoms with Gasteiger partial charge in [-0.2, -0.15) is 0 Å². The summed E-state index contributed by atoms with van der Waals surface area (Å²) in [7, 11) is 3.17. The van der Waals surface area contributed by atoms with Crippen LogP contribution in [0, 0.1) is 0 Å². The number of methoxy groups -OCH3 is 2. The van der Waals surface area contributed by atoms with Crippen LogP contribution in [0.15, 0.2) is 42.1 Å². The van der Waals surface area contributed by atoms with Gasteiger partial charge < -0.3 is 24.6 Å². The highest BCUT2D eigenvalue weighted by Gasteiger charge is 2.43. The third kappa shape index (κ3) is 4.78. The average Bonchev–Trinajstić information content (AvgIpc) is 3.17. The number of carbonyl (C=O) groups is 2. The standard InChI is InChI=1S/C26H36N4O4/c1-5-10-30-22-17-29(13-8-12-28-11-7-6-9-18(28)2)25(31)23(22)24(27-26(30)32)19-14-20(33-3)16-21(15-19)34-4/h5,14-16,18,24H,1,6-13,17H2,2-4H3,(H,27,32). The molecule has 4 rings (SSSR count). The quantitative estimate of drug-likeness (QED) is 0.563. The minimum absolute atomic E-state index is 0.0254. The molecule has 0 aliphatic carbocycles. The molecule has 8 heteroatoms. The van der Waals surface area contributed by atoms with E-state index in [-0.39, 0.29) is 11.9 Å². The van der Waals surface area contributed by atoms with E-state index in [0.29, 0.717) is 42.7 Å². The zero-order chi connectivity index (χ0) is 24.2. The summed E-state index contributed by atoms with van der Waals surface area (Å²) >= 11 is 0. The molecule has 1 fully saturated rings. The van der Waals surface area contributed by atoms with Crippen molar-refractivity contribution in [2.24, 2.45) is 0 Å². The Morgan fingerprint density at radius 1 is 1.12 bits per heavy atom. The Balaban J connectivity index is 1.57. The molecule has 1 aromatic carbocycles. The number of likely N-dealkylation sites (tertiary alicyclic amines) is 1. The minimum atomic E-state index is -0.563. The van der Waals surface area contributed by atoms with Crippen LogP contribution in [0.1, 0.15) is 44.2 Å². The first-order valence-corrected chi connectivity index (χ1v) is 12.1. The molecule has 8 nitrogen and oxygen atoms in total. The molecule has 1 N–H and O–H groups in total. The number of urea groups is 1. The normalized spacial score (nSPS) is 23.1. The first kappa shape index (κ1) is 24.1. The molecule has 3 aliphatic rings. The number of ether oxygens (including phenoxy) is 2. The third-order valence-electron chi connectivity index (χ3n) is 7.13. The molecule has 34 heavy (non-hydrogen) atoms. The molecular formula is C26H36N4O4. The molecule has 1 aromatic rings. The second-order valence-corrected chi connectivity index (χ2v) is 9.25. The van der Waals surface area contributed by atoms with Crippen molar-refractivity contribution in [2.75, 3.05) is 46.9 Å². The van der Waals surface area contributed by atoms with Crippen molar-refractivity contribution in [2.45, 2.75) is 44.7 Å². The predicted molar refractivity (Wildman–Crippen MR) is 131 cm³/mol. The molecule has 3 aliphatic heterocycles. The van der Waals surface area contributed by atoms with E-state index in [1.54, 1.807) is 31.3 Å². The number of rotatable bonds is 9. The van der Waals surface area contributed by atoms with Gasteiger partial charge in [0.15, 0.2) is 0 Å². The molecule has 0 saturated carbocycles. The number of carbonyl (C=O) groups excluding carboxylic acids is 2. The van der Waals surface area contributed by atoms with Gasteiger partial charge in [-0.25, -0.2) is 4.79 Å². The van der Waals surface area contributed by atoms with Gasteiger partial charge in [-0.1, -0.05) is 12.5 Å². The first-order chi connectivity index (χ1) is 16.5. The van der Waals surface area contributed by atoms with Crippen LogP contribution in [0.3, 0.4) is 0 Å². The molecule has 2 atom stereocenters. The van der Waals surface area contributed by atoms with E-state index in [1.807, 2.05) is 17.0 Å². The van der Waals surface area contributed by atoms with E-state index in [0.717, 1.165) is 30.8 Å². The lowest BCUT2D eigenvalue weighted by molar-refractivity contribution is -0.125. The lowest BCUT2D eigenvalue weighted by Crippen LogP contribution is -2.47. The van der Waals surface area contributed by atoms with Gasteiger partial charge in [0.25, 0.3) is 5.91 Å². The Labute approximate surface area is 202 Å². The highest BCUT2D eigenvalue weighted by molar-refractivity contribution is 6.01. The van der Waals surface area contributed by atoms with Gasteiger partial charge in [-0.05, 0) is 50.4 Å². The van der Waals surface area contributed by atoms with Gasteiger partial charge in [0.2, 0.25) is 0 Å². The van der Waals surface area contributed by atoms with Gasteiger partial charge in [0.05, 0.1) is 38.1 Å². The molecule has 3 heterocycles. The summed E-state index contributed by atoms with van der Waals surface area (Å²) in [6.07, 6.45) is 6.39. The lowest BCUT2D eigenvalue weighted by Gasteiger charge is -2.33. The fraction of sp³-hybridized carbons (Fsp3) is 0.538. The van der Waals surface area contributed by atoms with Crippen LogP contribution in [0.2, 0.25) is 0 Å². The maximum atomic E-state index is 13.6. The second kappa shape index (κ2) is 10.5. The summed E-state index contributed by atoms with van der Waals surface area (Å²) in [6.45, 7) is 9.65. The zero-order valence-electron chi connectivity index (χ0n) is 20.5. The number of nitrogens with zero attached hydrogens (tertiary/aromatic N) is 3. The van der Waals surface area contributed by atoms with Crippen LogP contribution in [-0.4, -0.2) is 79.6 Å². The van der Waals surface area contributed by atoms with Crippen LogP contribution in [0.4, 0.5) is 4.79 Å². The Morgan fingerprint density at radius 2 is 1.85 bits per heavy atom. The van der Waals surface area contributed by atoms with Gasteiger partial charge in [-0.15, -0.1) is 6.58 Å². The van der Waals surface area contributed by atoms with E-state index < -0.39 is 6.04 Å². The summed E-state index contributed by atoms with van der Waals surface area (Å²) in [6, 6.07) is 5.27. The Bertz CT molecular complexity index is 953. The smallest absolute Gasteiger partial charge is 0.322 e. The van der Waals surface area contributed by atoms with Crippen molar-refractivity contribution < 1.29 is 19.1 Å². The summed E-state index contributed by atoms with van der Waals surface area (Å²) in [5.41, 5.74) is 2.13. The van der Waals surface area contributed by atoms with E-state index in [4.69, 9.17) is 9.47 Å². The summed E-state index contributed by atoms with van der Waals surface area (Å²) in [4.78, 5) is 32.7. The van der Waals surface area contributed by atoms with Crippen LogP contribution < -0.4 is 14.8 Å². The van der Waals surface area contributed by atoms with E-state index >= 15 is 0 Å². The maximum Gasteiger partial charge on any atom is 0.322 e. The average molecular weight is 469 g/mol. The zero-order valence-corrected chi connectivity index (χ0v) is 20.5. The predicted octanol–water partition coefficient (Wildman–Crippen LogP) is 3.32. The molecule has 3 amide bonds. The largest absolute Gasteiger partial charge is 0.497 e. The molecule has 0 spiro atoms. The van der Waals surface area contributed by atoms with Gasteiger partial charge in [0.1, 0.15) is 11.5 Å². The molecular weight excluding hydrogens is 432 g/mol. The summed E-state index contributed by atoms with van der Waals surface area (Å²) in [5.74, 6) is 1.19. The van der Waals surface area contributed by atoms with E-state index in [1.165, 1.54) is 19.3 Å². The molecule has 184 valence electrons. The third-order valence-corrected chi connectivity index (χ3v) is 7.13. The van der Waals surface area contributed by atoms with Gasteiger partial charge in [0, 0.05) is 31.7 Å². The van der Waals surface area contributed by atoms with Gasteiger partial charge >= 0.3 is 6.03 Å². The van der Waals surface area contributed by atoms with Crippen molar-refractivity contribution in [3.05, 3.63) is 47.7 Å². The monoisotopic (exact) mass is 468 g/mol. The van der Waals surface area contributed by atoms with Crippen LogP contribution >= 0.6 is 0 Å². The maximum absolute atomic E-state index is 13.6. The number of nitrogens with one attached hydrogen (secondary N) is 1. The molecule has 2 unspecified atom stereocenters. The number of amides is 3. The summed E-state index contributed by atoms with van der Waals surface area (Å²) in [5, 5.41) is 3.02. The highest BCUT2D eigenvalue weighted by Crippen LogP contribution is 2.38. The topological polar surface area (TPSA) is 74.4 Å². The molecule has 1 saturated heterocycles. The number of hydrogen-bond donors (Lipinski definition) is 1. The fourth-order valence-electron chi connectivity index (χ4n) is 5.25. The number of benzene rings is 1. The number of piperidine rings is 1. The SMILES string of the molecule is C=CCN1C(=O)NC(c2cc(OC)cc(OC)c2)C2=C1CN(CCCN1CCCCC1C)C2=O. The van der Waals surface area contributed by atoms with E-state index in [9.17, 15) is 9.59 Å². The van der Waals surface area contributed by atoms with Crippen LogP contribution in [0.25, 0.3) is 0 Å². The van der Waals surface area contributed by atoms with Crippen molar-refractivity contribution in [1.82, 2.24) is 20.0 Å². The van der Waals surface area contributed by atoms with Crippen LogP contribution in [-0.2, 0) is 4.79 Å². The first-order valence-electron chi connectivity index (χ1n) is 12.1. The number of hydrogen-bond acceptors (Lipinski definition) is 5. The lowest BCUT2D eigenvalue weighted by atomic mass is 9.95. The fourth-order valence-corrected chi connectivity index (χ4v) is 5.25. The Kier molecular flexibility index (Phi) is 7.46. The Hall–Kier alpha value is -3.00. The van der Waals surface area contributed by atoms with Crippen LogP contribution in [0.5, 0.6) is 11.5 Å². The summed E-state index contributed by atoms with van der Waals surface area (Å²) < 4.78 is 10.8. The Morgan fingerprint density at radius 3 is 2.50 bits per heavy atom. The van der Waals surface area contributed by atoms with Crippen molar-refractivity contribution >= 4 is 11.9 Å². The van der Waals surface area contributed by atoms with Crippen molar-refractivity contribution in [1.29, 1.82) is 0 Å². The van der Waals surface area contributed by atoms with Crippen molar-refractivity contribution in [3.8, 4) is 11.5 Å². The minimum Gasteiger partial charge on any atom is -0.497 e. The van der Waals surface area contributed by atoms with Gasteiger partial charge in [-0.3, -0.25) is 9.69 Å². The molecule has 0 bridgehead atoms. The second-order valence-electron chi connectivity index (χ2n) is 9.25. The molecule has 0 aromatic heterocycles.